The first-order valence-electron chi connectivity index (χ1n) is 6.60. The van der Waals surface area contributed by atoms with Crippen molar-refractivity contribution in [1.29, 1.82) is 0 Å². The van der Waals surface area contributed by atoms with Crippen molar-refractivity contribution in [3.63, 3.8) is 0 Å². The van der Waals surface area contributed by atoms with Crippen LogP contribution in [0.1, 0.15) is 0 Å². The first kappa shape index (κ1) is 11.7. The third-order valence-corrected chi connectivity index (χ3v) is 3.18. The molecule has 0 saturated heterocycles. The Kier molecular flexibility index (Phi) is 2.67. The van der Waals surface area contributed by atoms with Crippen LogP contribution in [0.25, 0.3) is 34.1 Å². The van der Waals surface area contributed by atoms with Crippen molar-refractivity contribution in [2.45, 2.75) is 0 Å². The zero-order chi connectivity index (χ0) is 14.1. The number of nitrogens with one attached hydrogen (secondary N) is 1. The quantitative estimate of drug-likeness (QED) is 0.609. The van der Waals surface area contributed by atoms with Gasteiger partial charge in [-0.2, -0.15) is 0 Å². The zero-order valence-electron chi connectivity index (χ0n) is 11.1. The Labute approximate surface area is 120 Å². The van der Waals surface area contributed by atoms with Gasteiger partial charge in [0.2, 0.25) is 0 Å². The summed E-state index contributed by atoms with van der Waals surface area (Å²) >= 11 is 0. The normalized spacial score (nSPS) is 10.9. The van der Waals surface area contributed by atoms with E-state index in [-0.39, 0.29) is 0 Å². The molecule has 0 saturated carbocycles. The molecule has 4 aromatic rings. The average molecular weight is 273 g/mol. The summed E-state index contributed by atoms with van der Waals surface area (Å²) in [6, 6.07) is 15.4. The Hall–Kier alpha value is -3.08. The van der Waals surface area contributed by atoms with Crippen LogP contribution in [0.4, 0.5) is 0 Å². The fourth-order valence-corrected chi connectivity index (χ4v) is 2.17. The Balaban J connectivity index is 1.82. The van der Waals surface area contributed by atoms with Crippen molar-refractivity contribution in [2.75, 3.05) is 0 Å². The zero-order valence-corrected chi connectivity index (χ0v) is 11.1. The van der Waals surface area contributed by atoms with Crippen LogP contribution in [0.5, 0.6) is 0 Å². The van der Waals surface area contributed by atoms with E-state index in [9.17, 15) is 0 Å². The number of nitrogens with zero attached hydrogens (tertiary/aromatic N) is 4. The van der Waals surface area contributed by atoms with Gasteiger partial charge in [0.25, 0.3) is 0 Å². The molecule has 4 rings (SSSR count). The SMILES string of the molecule is c1ccc(-c2ccc3[nH]c(-c4ccccn4)nc3n2)nc1. The van der Waals surface area contributed by atoms with Crippen molar-refractivity contribution in [2.24, 2.45) is 0 Å². The number of aromatic amines is 1. The van der Waals surface area contributed by atoms with Crippen LogP contribution in [0.2, 0.25) is 0 Å². The smallest absolute Gasteiger partial charge is 0.178 e. The molecule has 0 aliphatic rings. The molecule has 0 radical (unpaired) electrons. The van der Waals surface area contributed by atoms with Crippen LogP contribution in [-0.4, -0.2) is 24.9 Å². The molecule has 0 bridgehead atoms. The molecular weight excluding hydrogens is 262 g/mol. The maximum Gasteiger partial charge on any atom is 0.178 e. The van der Waals surface area contributed by atoms with Gasteiger partial charge >= 0.3 is 0 Å². The fourth-order valence-electron chi connectivity index (χ4n) is 2.17. The summed E-state index contributed by atoms with van der Waals surface area (Å²) in [5, 5.41) is 0. The number of hydrogen-bond acceptors (Lipinski definition) is 4. The molecule has 5 heteroatoms. The van der Waals surface area contributed by atoms with Gasteiger partial charge in [0.05, 0.1) is 16.9 Å². The molecule has 5 nitrogen and oxygen atoms in total. The topological polar surface area (TPSA) is 67.3 Å². The van der Waals surface area contributed by atoms with Crippen molar-refractivity contribution < 1.29 is 0 Å². The lowest BCUT2D eigenvalue weighted by molar-refractivity contribution is 1.22. The van der Waals surface area contributed by atoms with E-state index >= 15 is 0 Å². The van der Waals surface area contributed by atoms with E-state index in [4.69, 9.17) is 0 Å². The number of imidazole rings is 1. The van der Waals surface area contributed by atoms with Crippen molar-refractivity contribution >= 4 is 11.2 Å². The van der Waals surface area contributed by atoms with Gasteiger partial charge in [-0.3, -0.25) is 9.97 Å². The average Bonchev–Trinajstić information content (AvgIpc) is 2.99. The van der Waals surface area contributed by atoms with E-state index in [1.165, 1.54) is 0 Å². The third kappa shape index (κ3) is 2.14. The summed E-state index contributed by atoms with van der Waals surface area (Å²) in [6.45, 7) is 0. The van der Waals surface area contributed by atoms with Crippen molar-refractivity contribution in [3.8, 4) is 22.9 Å². The van der Waals surface area contributed by atoms with Gasteiger partial charge < -0.3 is 4.98 Å². The molecular formula is C16H11N5. The number of H-pyrrole nitrogens is 1. The second-order valence-corrected chi connectivity index (χ2v) is 4.58. The van der Waals surface area contributed by atoms with Crippen LogP contribution >= 0.6 is 0 Å². The Morgan fingerprint density at radius 2 is 1.43 bits per heavy atom. The molecule has 0 atom stereocenters. The Morgan fingerprint density at radius 3 is 2.14 bits per heavy atom. The van der Waals surface area contributed by atoms with Gasteiger partial charge in [-0.25, -0.2) is 9.97 Å². The molecule has 0 unspecified atom stereocenters. The largest absolute Gasteiger partial charge is 0.335 e. The van der Waals surface area contributed by atoms with Crippen LogP contribution in [0, 0.1) is 0 Å². The minimum atomic E-state index is 0.666. The molecule has 0 aliphatic carbocycles. The predicted octanol–water partition coefficient (Wildman–Crippen LogP) is 3.08. The number of aromatic nitrogens is 5. The number of rotatable bonds is 2. The first-order chi connectivity index (χ1) is 10.4. The Bertz CT molecular complexity index is 847. The van der Waals surface area contributed by atoms with E-state index in [0.29, 0.717) is 5.65 Å². The molecule has 21 heavy (non-hydrogen) atoms. The molecule has 1 N–H and O–H groups in total. The van der Waals surface area contributed by atoms with Gasteiger partial charge in [-0.1, -0.05) is 12.1 Å². The maximum absolute atomic E-state index is 4.56. The fraction of sp³-hybridized carbons (Fsp3) is 0. The molecule has 0 spiro atoms. The molecule has 100 valence electrons. The van der Waals surface area contributed by atoms with Crippen molar-refractivity contribution in [1.82, 2.24) is 24.9 Å². The van der Waals surface area contributed by atoms with Gasteiger partial charge in [0.15, 0.2) is 11.5 Å². The van der Waals surface area contributed by atoms with Crippen molar-refractivity contribution in [3.05, 3.63) is 60.9 Å². The van der Waals surface area contributed by atoms with E-state index < -0.39 is 0 Å². The number of pyridine rings is 3. The van der Waals surface area contributed by atoms with E-state index in [1.807, 2.05) is 48.5 Å². The minimum absolute atomic E-state index is 0.666. The Morgan fingerprint density at radius 1 is 0.667 bits per heavy atom. The van der Waals surface area contributed by atoms with Gasteiger partial charge in [0, 0.05) is 12.4 Å². The van der Waals surface area contributed by atoms with Crippen LogP contribution in [-0.2, 0) is 0 Å². The van der Waals surface area contributed by atoms with Crippen LogP contribution in [0.3, 0.4) is 0 Å². The monoisotopic (exact) mass is 273 g/mol. The molecule has 0 amide bonds. The third-order valence-electron chi connectivity index (χ3n) is 3.18. The van der Waals surface area contributed by atoms with Gasteiger partial charge in [-0.05, 0) is 36.4 Å². The van der Waals surface area contributed by atoms with Gasteiger partial charge in [0.1, 0.15) is 5.69 Å². The van der Waals surface area contributed by atoms with Crippen LogP contribution < -0.4 is 0 Å². The van der Waals surface area contributed by atoms with E-state index in [1.54, 1.807) is 12.4 Å². The second-order valence-electron chi connectivity index (χ2n) is 4.58. The maximum atomic E-state index is 4.56. The number of hydrogen-bond donors (Lipinski definition) is 1. The summed E-state index contributed by atoms with van der Waals surface area (Å²) in [6.07, 6.45) is 3.50. The molecule has 0 fully saturated rings. The molecule has 4 aromatic heterocycles. The minimum Gasteiger partial charge on any atom is -0.335 e. The predicted molar refractivity (Wildman–Crippen MR) is 80.4 cm³/mol. The number of fused-ring (bicyclic) bond motifs is 1. The highest BCUT2D eigenvalue weighted by molar-refractivity contribution is 5.77. The lowest BCUT2D eigenvalue weighted by atomic mass is 10.2. The highest BCUT2D eigenvalue weighted by Crippen LogP contribution is 2.20. The lowest BCUT2D eigenvalue weighted by Gasteiger charge is -1.98. The summed E-state index contributed by atoms with van der Waals surface area (Å²) < 4.78 is 0. The second kappa shape index (κ2) is 4.79. The highest BCUT2D eigenvalue weighted by atomic mass is 15.0. The highest BCUT2D eigenvalue weighted by Gasteiger charge is 2.08. The standard InChI is InChI=1S/C16H11N5/c1-3-9-17-11(5-1)12-7-8-14-16(19-12)21-15(20-14)13-6-2-4-10-18-13/h1-10H,(H,19,20,21). The summed E-state index contributed by atoms with van der Waals surface area (Å²) in [5.74, 6) is 0.719. The van der Waals surface area contributed by atoms with E-state index in [0.717, 1.165) is 28.4 Å². The molecule has 0 aromatic carbocycles. The summed E-state index contributed by atoms with van der Waals surface area (Å²) in [7, 11) is 0. The molecule has 0 aliphatic heterocycles. The summed E-state index contributed by atoms with van der Waals surface area (Å²) in [5.41, 5.74) is 3.99. The first-order valence-corrected chi connectivity index (χ1v) is 6.60. The lowest BCUT2D eigenvalue weighted by Crippen LogP contribution is -1.87. The summed E-state index contributed by atoms with van der Waals surface area (Å²) in [4.78, 5) is 20.9. The molecule has 4 heterocycles. The van der Waals surface area contributed by atoms with E-state index in [2.05, 4.69) is 24.9 Å². The van der Waals surface area contributed by atoms with Gasteiger partial charge in [-0.15, -0.1) is 0 Å². The van der Waals surface area contributed by atoms with Crippen LogP contribution in [0.15, 0.2) is 60.9 Å².